The standard InChI is InChI=1S/C52H38N2O.C3H6.C2H6/c1-52(2)48-14-8-6-12-44(48)45-30-29-43(33-49(45)52)53(41-25-20-37(21-26-41)36-18-16-35(34-55)17-19-36)42-27-22-38(23-28-42)39-24-31-51-47(32-39)46-13-7-9-15-50(46)54(51)40-10-4-3-5-11-40;1-3-2;1-2/h3-34H,1-2H3;3H,1H2,2H3;1-2H3. The predicted molar refractivity (Wildman–Crippen MR) is 257 cm³/mol. The Hall–Kier alpha value is -7.23. The molecule has 0 aliphatic heterocycles. The van der Waals surface area contributed by atoms with Crippen LogP contribution in [0.3, 0.4) is 0 Å². The summed E-state index contributed by atoms with van der Waals surface area (Å²) in [5.74, 6) is 0. The van der Waals surface area contributed by atoms with Gasteiger partial charge in [0.05, 0.1) is 11.0 Å². The first-order valence-electron chi connectivity index (χ1n) is 20.9. The van der Waals surface area contributed by atoms with Crippen molar-refractivity contribution in [2.24, 2.45) is 0 Å². The lowest BCUT2D eigenvalue weighted by Gasteiger charge is -2.28. The molecular formula is C57H50N2O. The van der Waals surface area contributed by atoms with Crippen LogP contribution in [0.2, 0.25) is 0 Å². The number of carbonyl (C=O) groups excluding carboxylic acids is 1. The molecule has 3 heteroatoms. The zero-order chi connectivity index (χ0) is 41.8. The normalized spacial score (nSPS) is 12.0. The molecule has 10 rings (SSSR count). The molecule has 294 valence electrons. The maximum absolute atomic E-state index is 11.3. The van der Waals surface area contributed by atoms with Gasteiger partial charge in [-0.3, -0.25) is 4.79 Å². The lowest BCUT2D eigenvalue weighted by Crippen LogP contribution is -2.16. The molecule has 60 heavy (non-hydrogen) atoms. The number of aromatic nitrogens is 1. The Balaban J connectivity index is 0.000000957. The summed E-state index contributed by atoms with van der Waals surface area (Å²) in [4.78, 5) is 13.6. The molecule has 1 aromatic heterocycles. The van der Waals surface area contributed by atoms with E-state index >= 15 is 0 Å². The number of rotatable bonds is 7. The molecule has 1 aliphatic rings. The van der Waals surface area contributed by atoms with Gasteiger partial charge in [-0.15, -0.1) is 6.58 Å². The number of nitrogens with zero attached hydrogens (tertiary/aromatic N) is 2. The third-order valence-corrected chi connectivity index (χ3v) is 11.5. The number of fused-ring (bicyclic) bond motifs is 6. The first-order chi connectivity index (χ1) is 29.4. The third-order valence-electron chi connectivity index (χ3n) is 11.5. The van der Waals surface area contributed by atoms with Crippen LogP contribution in [0.4, 0.5) is 17.1 Å². The number of para-hydroxylation sites is 2. The highest BCUT2D eigenvalue weighted by Crippen LogP contribution is 2.50. The highest BCUT2D eigenvalue weighted by molar-refractivity contribution is 6.10. The van der Waals surface area contributed by atoms with E-state index in [4.69, 9.17) is 0 Å². The molecule has 3 nitrogen and oxygen atoms in total. The maximum Gasteiger partial charge on any atom is 0.150 e. The molecule has 0 amide bonds. The fraction of sp³-hybridized carbons (Fsp3) is 0.105. The monoisotopic (exact) mass is 778 g/mol. The fourth-order valence-electron chi connectivity index (χ4n) is 8.65. The topological polar surface area (TPSA) is 25.2 Å². The van der Waals surface area contributed by atoms with E-state index in [9.17, 15) is 4.79 Å². The average Bonchev–Trinajstić information content (AvgIpc) is 3.76. The van der Waals surface area contributed by atoms with Crippen LogP contribution >= 0.6 is 0 Å². The molecule has 0 N–H and O–H groups in total. The Morgan fingerprint density at radius 2 is 1.00 bits per heavy atom. The van der Waals surface area contributed by atoms with Gasteiger partial charge in [-0.2, -0.15) is 0 Å². The molecular weight excluding hydrogens is 729 g/mol. The average molecular weight is 779 g/mol. The second kappa shape index (κ2) is 16.9. The number of hydrogen-bond donors (Lipinski definition) is 0. The van der Waals surface area contributed by atoms with Crippen LogP contribution in [0, 0.1) is 0 Å². The van der Waals surface area contributed by atoms with Crippen LogP contribution in [-0.4, -0.2) is 10.9 Å². The SMILES string of the molecule is C=CC.CC.CC1(C)c2ccccc2-c2ccc(N(c3ccc(-c4ccc(C=O)cc4)cc3)c3ccc(-c4ccc5c(c4)c4ccccc4n5-c4ccccc4)cc3)cc21. The summed E-state index contributed by atoms with van der Waals surface area (Å²) >= 11 is 0. The summed E-state index contributed by atoms with van der Waals surface area (Å²) in [6, 6.07) is 67.3. The highest BCUT2D eigenvalue weighted by atomic mass is 16.1. The first-order valence-corrected chi connectivity index (χ1v) is 20.9. The zero-order valence-electron chi connectivity index (χ0n) is 35.1. The van der Waals surface area contributed by atoms with Crippen LogP contribution in [0.15, 0.2) is 201 Å². The number of hydrogen-bond acceptors (Lipinski definition) is 2. The zero-order valence-corrected chi connectivity index (χ0v) is 35.1. The van der Waals surface area contributed by atoms with Crippen molar-refractivity contribution in [3.05, 3.63) is 217 Å². The Morgan fingerprint density at radius 3 is 1.65 bits per heavy atom. The number of allylic oxidation sites excluding steroid dienone is 1. The molecule has 0 saturated carbocycles. The predicted octanol–water partition coefficient (Wildman–Crippen LogP) is 15.9. The van der Waals surface area contributed by atoms with Gasteiger partial charge in [0.1, 0.15) is 6.29 Å². The van der Waals surface area contributed by atoms with E-state index < -0.39 is 0 Å². The first kappa shape index (κ1) is 39.6. The molecule has 1 aliphatic carbocycles. The molecule has 0 unspecified atom stereocenters. The second-order valence-corrected chi connectivity index (χ2v) is 15.4. The summed E-state index contributed by atoms with van der Waals surface area (Å²) in [6.07, 6.45) is 2.63. The lowest BCUT2D eigenvalue weighted by molar-refractivity contribution is 0.112. The summed E-state index contributed by atoms with van der Waals surface area (Å²) in [6.45, 7) is 13.9. The largest absolute Gasteiger partial charge is 0.310 e. The van der Waals surface area contributed by atoms with Crippen LogP contribution in [0.25, 0.3) is 60.9 Å². The molecule has 0 bridgehead atoms. The Labute approximate surface area is 354 Å². The van der Waals surface area contributed by atoms with Gasteiger partial charge < -0.3 is 9.47 Å². The molecule has 1 heterocycles. The Bertz CT molecular complexity index is 2940. The van der Waals surface area contributed by atoms with E-state index in [2.05, 4.69) is 194 Å². The van der Waals surface area contributed by atoms with Gasteiger partial charge in [-0.05, 0) is 118 Å². The minimum Gasteiger partial charge on any atom is -0.310 e. The van der Waals surface area contributed by atoms with E-state index in [0.717, 1.165) is 40.2 Å². The highest BCUT2D eigenvalue weighted by Gasteiger charge is 2.35. The van der Waals surface area contributed by atoms with Gasteiger partial charge in [-0.25, -0.2) is 0 Å². The minimum absolute atomic E-state index is 0.114. The van der Waals surface area contributed by atoms with Crippen molar-refractivity contribution in [3.63, 3.8) is 0 Å². The smallest absolute Gasteiger partial charge is 0.150 e. The van der Waals surface area contributed by atoms with Crippen molar-refractivity contribution in [1.82, 2.24) is 4.57 Å². The van der Waals surface area contributed by atoms with Gasteiger partial charge in [0.2, 0.25) is 0 Å². The maximum atomic E-state index is 11.3. The van der Waals surface area contributed by atoms with Crippen molar-refractivity contribution in [3.8, 4) is 39.1 Å². The second-order valence-electron chi connectivity index (χ2n) is 15.4. The molecule has 8 aromatic carbocycles. The van der Waals surface area contributed by atoms with Crippen molar-refractivity contribution < 1.29 is 4.79 Å². The van der Waals surface area contributed by atoms with E-state index in [-0.39, 0.29) is 5.41 Å². The van der Waals surface area contributed by atoms with Gasteiger partial charge in [0, 0.05) is 44.5 Å². The minimum atomic E-state index is -0.114. The third kappa shape index (κ3) is 7.13. The molecule has 0 atom stereocenters. The van der Waals surface area contributed by atoms with Crippen molar-refractivity contribution in [2.75, 3.05) is 4.90 Å². The Morgan fingerprint density at radius 1 is 0.500 bits per heavy atom. The summed E-state index contributed by atoms with van der Waals surface area (Å²) in [7, 11) is 0. The van der Waals surface area contributed by atoms with Crippen LogP contribution in [-0.2, 0) is 5.41 Å². The van der Waals surface area contributed by atoms with Gasteiger partial charge in [0.25, 0.3) is 0 Å². The number of anilines is 3. The number of aldehydes is 1. The van der Waals surface area contributed by atoms with Gasteiger partial charge >= 0.3 is 0 Å². The molecule has 0 saturated heterocycles. The van der Waals surface area contributed by atoms with Gasteiger partial charge in [0.15, 0.2) is 0 Å². The van der Waals surface area contributed by atoms with Crippen molar-refractivity contribution in [2.45, 2.75) is 40.0 Å². The summed E-state index contributed by atoms with van der Waals surface area (Å²) in [5.41, 5.74) is 17.3. The van der Waals surface area contributed by atoms with Crippen LogP contribution in [0.1, 0.15) is 56.1 Å². The quantitative estimate of drug-likeness (QED) is 0.119. The lowest BCUT2D eigenvalue weighted by atomic mass is 9.82. The molecule has 0 radical (unpaired) electrons. The van der Waals surface area contributed by atoms with Crippen molar-refractivity contribution in [1.29, 1.82) is 0 Å². The Kier molecular flexibility index (Phi) is 11.2. The molecule has 0 fully saturated rings. The van der Waals surface area contributed by atoms with Crippen molar-refractivity contribution >= 4 is 45.2 Å². The summed E-state index contributed by atoms with van der Waals surface area (Å²) < 4.78 is 2.36. The number of carbonyl (C=O) groups is 1. The fourth-order valence-corrected chi connectivity index (χ4v) is 8.65. The summed E-state index contributed by atoms with van der Waals surface area (Å²) in [5, 5.41) is 2.49. The van der Waals surface area contributed by atoms with E-state index in [1.54, 1.807) is 6.08 Å². The van der Waals surface area contributed by atoms with Crippen LogP contribution < -0.4 is 4.90 Å². The van der Waals surface area contributed by atoms with E-state index in [1.165, 1.54) is 55.2 Å². The number of benzene rings is 8. The molecule has 0 spiro atoms. The van der Waals surface area contributed by atoms with Crippen LogP contribution in [0.5, 0.6) is 0 Å². The van der Waals surface area contributed by atoms with E-state index in [1.807, 2.05) is 45.0 Å². The van der Waals surface area contributed by atoms with Gasteiger partial charge in [-0.1, -0.05) is 155 Å². The van der Waals surface area contributed by atoms with E-state index in [0.29, 0.717) is 5.56 Å². The molecule has 9 aromatic rings.